The van der Waals surface area contributed by atoms with Crippen molar-refractivity contribution in [3.05, 3.63) is 71.9 Å². The van der Waals surface area contributed by atoms with Crippen LogP contribution in [-0.4, -0.2) is 79.8 Å². The lowest BCUT2D eigenvalue weighted by Crippen LogP contribution is -2.73. The van der Waals surface area contributed by atoms with Gasteiger partial charge in [0.2, 0.25) is 5.13 Å². The SMILES string of the molecule is COCOc1cc(C2=CC(OC)NC=C2)ccc1-c1nnc(N(C)[C@@H]2C[C@@]3(C)CCC[C@@](C)([C@@H]2F)N3Cc2ccc(OC)cc2)s1. The smallest absolute Gasteiger partial charge is 0.208 e. The fourth-order valence-corrected chi connectivity index (χ4v) is 8.25. The molecule has 11 heteroatoms. The Kier molecular flexibility index (Phi) is 9.38. The van der Waals surface area contributed by atoms with Crippen LogP contribution in [0, 0.1) is 0 Å². The number of nitrogens with one attached hydrogen (secondary N) is 1. The summed E-state index contributed by atoms with van der Waals surface area (Å²) in [5.41, 5.74) is 3.20. The zero-order chi connectivity index (χ0) is 32.5. The third kappa shape index (κ3) is 6.13. The first-order valence-electron chi connectivity index (χ1n) is 15.7. The molecule has 2 bridgehead atoms. The highest BCUT2D eigenvalue weighted by Crippen LogP contribution is 2.51. The summed E-state index contributed by atoms with van der Waals surface area (Å²) in [7, 11) is 6.88. The van der Waals surface area contributed by atoms with Gasteiger partial charge in [-0.15, -0.1) is 10.2 Å². The molecule has 2 fully saturated rings. The third-order valence-corrected chi connectivity index (χ3v) is 11.0. The Morgan fingerprint density at radius 3 is 2.63 bits per heavy atom. The number of aromatic nitrogens is 2. The molecule has 1 aromatic heterocycles. The number of dihydropyridines is 1. The number of benzene rings is 2. The quantitative estimate of drug-likeness (QED) is 0.237. The summed E-state index contributed by atoms with van der Waals surface area (Å²) in [6.45, 7) is 5.20. The molecule has 1 unspecified atom stereocenters. The van der Waals surface area contributed by atoms with Gasteiger partial charge in [-0.25, -0.2) is 4.39 Å². The van der Waals surface area contributed by atoms with Crippen molar-refractivity contribution in [1.29, 1.82) is 0 Å². The molecule has 246 valence electrons. The van der Waals surface area contributed by atoms with Gasteiger partial charge in [-0.05, 0) is 98.8 Å². The Hall–Kier alpha value is -3.51. The summed E-state index contributed by atoms with van der Waals surface area (Å²) >= 11 is 1.45. The predicted octanol–water partition coefficient (Wildman–Crippen LogP) is 6.42. The third-order valence-electron chi connectivity index (χ3n) is 9.95. The Morgan fingerprint density at radius 1 is 1.09 bits per heavy atom. The highest BCUT2D eigenvalue weighted by atomic mass is 32.1. The minimum absolute atomic E-state index is 0.0922. The Balaban J connectivity index is 1.25. The normalized spacial score (nSPS) is 27.5. The first-order valence-corrected chi connectivity index (χ1v) is 16.6. The van der Waals surface area contributed by atoms with E-state index in [4.69, 9.17) is 18.9 Å². The molecule has 5 atom stereocenters. The van der Waals surface area contributed by atoms with E-state index < -0.39 is 11.7 Å². The minimum Gasteiger partial charge on any atom is -0.497 e. The molecule has 9 nitrogen and oxygen atoms in total. The average molecular weight is 650 g/mol. The Bertz CT molecular complexity index is 1580. The number of nitrogens with zero attached hydrogens (tertiary/aromatic N) is 4. The van der Waals surface area contributed by atoms with Crippen LogP contribution in [0.3, 0.4) is 0 Å². The maximum absolute atomic E-state index is 16.9. The molecule has 46 heavy (non-hydrogen) atoms. The van der Waals surface area contributed by atoms with Gasteiger partial charge in [0.1, 0.15) is 23.9 Å². The highest BCUT2D eigenvalue weighted by molar-refractivity contribution is 7.18. The zero-order valence-corrected chi connectivity index (χ0v) is 28.3. The first-order chi connectivity index (χ1) is 22.2. The lowest BCUT2D eigenvalue weighted by atomic mass is 9.65. The van der Waals surface area contributed by atoms with E-state index in [1.807, 2.05) is 60.6 Å². The van der Waals surface area contributed by atoms with Gasteiger partial charge in [0.25, 0.3) is 0 Å². The first kappa shape index (κ1) is 32.4. The van der Waals surface area contributed by atoms with Crippen molar-refractivity contribution in [2.45, 2.75) is 75.6 Å². The number of methoxy groups -OCH3 is 3. The van der Waals surface area contributed by atoms with Crippen molar-refractivity contribution in [3.63, 3.8) is 0 Å². The lowest BCUT2D eigenvalue weighted by Gasteiger charge is -2.63. The molecular weight excluding hydrogens is 605 g/mol. The van der Waals surface area contributed by atoms with Gasteiger partial charge in [-0.1, -0.05) is 29.5 Å². The molecule has 0 aliphatic carbocycles. The summed E-state index contributed by atoms with van der Waals surface area (Å²) in [5.74, 6) is 1.46. The summed E-state index contributed by atoms with van der Waals surface area (Å²) < 4.78 is 38.9. The molecule has 4 heterocycles. The number of piperidine rings is 2. The summed E-state index contributed by atoms with van der Waals surface area (Å²) in [6.07, 6.45) is 8.15. The van der Waals surface area contributed by atoms with E-state index in [1.54, 1.807) is 21.3 Å². The Morgan fingerprint density at radius 2 is 1.89 bits per heavy atom. The number of anilines is 1. The molecule has 0 amide bonds. The standard InChI is InChI=1S/C35H44FN5O4S/c1-34-15-7-16-35(2,41(34)21-23-8-11-26(43-5)12-9-23)31(36)28(20-34)40(3)33-39-38-32(46-33)27-13-10-24(18-29(27)45-22-42-4)25-14-17-37-30(19-25)44-6/h8-14,17-19,28,30-31,37H,7,15-16,20-22H2,1-6H3/t28-,30?,31-,34-,35+/m1/s1. The number of fused-ring (bicyclic) bond motifs is 2. The zero-order valence-electron chi connectivity index (χ0n) is 27.5. The van der Waals surface area contributed by atoms with Crippen LogP contribution in [0.4, 0.5) is 9.52 Å². The molecule has 0 radical (unpaired) electrons. The van der Waals surface area contributed by atoms with E-state index in [9.17, 15) is 0 Å². The highest BCUT2D eigenvalue weighted by Gasteiger charge is 2.59. The van der Waals surface area contributed by atoms with Crippen molar-refractivity contribution in [2.75, 3.05) is 40.1 Å². The Labute approximate surface area is 275 Å². The van der Waals surface area contributed by atoms with Gasteiger partial charge < -0.3 is 29.2 Å². The molecule has 3 aromatic rings. The van der Waals surface area contributed by atoms with Gasteiger partial charge in [-0.2, -0.15) is 0 Å². The maximum Gasteiger partial charge on any atom is 0.208 e. The summed E-state index contributed by atoms with van der Waals surface area (Å²) in [6, 6.07) is 13.8. The van der Waals surface area contributed by atoms with Crippen molar-refractivity contribution in [1.82, 2.24) is 20.4 Å². The van der Waals surface area contributed by atoms with E-state index >= 15 is 4.39 Å². The van der Waals surface area contributed by atoms with Gasteiger partial charge in [0.15, 0.2) is 11.8 Å². The number of alkyl halides is 1. The van der Waals surface area contributed by atoms with Crippen LogP contribution in [0.1, 0.15) is 50.7 Å². The second-order valence-electron chi connectivity index (χ2n) is 12.9. The van der Waals surface area contributed by atoms with Crippen LogP contribution < -0.4 is 19.7 Å². The van der Waals surface area contributed by atoms with E-state index in [-0.39, 0.29) is 24.6 Å². The molecule has 3 aliphatic heterocycles. The summed E-state index contributed by atoms with van der Waals surface area (Å²) in [5, 5.41) is 13.7. The monoisotopic (exact) mass is 649 g/mol. The molecule has 0 spiro atoms. The number of hydrogen-bond acceptors (Lipinski definition) is 10. The maximum atomic E-state index is 16.9. The molecular formula is C35H44FN5O4S. The predicted molar refractivity (Wildman–Crippen MR) is 180 cm³/mol. The largest absolute Gasteiger partial charge is 0.497 e. The van der Waals surface area contributed by atoms with E-state index in [2.05, 4.69) is 46.4 Å². The molecule has 2 saturated heterocycles. The van der Waals surface area contributed by atoms with E-state index in [1.165, 1.54) is 11.3 Å². The van der Waals surface area contributed by atoms with Crippen molar-refractivity contribution in [3.8, 4) is 22.1 Å². The number of hydrogen-bond donors (Lipinski definition) is 1. The second kappa shape index (κ2) is 13.3. The van der Waals surface area contributed by atoms with Crippen molar-refractivity contribution >= 4 is 22.0 Å². The van der Waals surface area contributed by atoms with Crippen LogP contribution in [-0.2, 0) is 16.0 Å². The molecule has 2 aromatic carbocycles. The molecule has 0 saturated carbocycles. The summed E-state index contributed by atoms with van der Waals surface area (Å²) in [4.78, 5) is 4.44. The van der Waals surface area contributed by atoms with E-state index in [0.29, 0.717) is 28.9 Å². The van der Waals surface area contributed by atoms with Crippen LogP contribution >= 0.6 is 11.3 Å². The molecule has 6 rings (SSSR count). The molecule has 3 aliphatic rings. The number of ether oxygens (including phenoxy) is 4. The number of rotatable bonds is 11. The van der Waals surface area contributed by atoms with Crippen LogP contribution in [0.15, 0.2) is 60.8 Å². The van der Waals surface area contributed by atoms with Gasteiger partial charge in [-0.3, -0.25) is 4.90 Å². The van der Waals surface area contributed by atoms with Gasteiger partial charge in [0, 0.05) is 33.4 Å². The van der Waals surface area contributed by atoms with Crippen LogP contribution in [0.5, 0.6) is 11.5 Å². The van der Waals surface area contributed by atoms with Gasteiger partial charge in [0.05, 0.1) is 24.3 Å². The lowest BCUT2D eigenvalue weighted by molar-refractivity contribution is -0.138. The van der Waals surface area contributed by atoms with Crippen LogP contribution in [0.2, 0.25) is 0 Å². The average Bonchev–Trinajstić information content (AvgIpc) is 3.57. The fraction of sp³-hybridized carbons (Fsp3) is 0.486. The number of halogens is 1. The second-order valence-corrected chi connectivity index (χ2v) is 13.8. The van der Waals surface area contributed by atoms with Gasteiger partial charge >= 0.3 is 0 Å². The topological polar surface area (TPSA) is 81.2 Å². The van der Waals surface area contributed by atoms with Crippen molar-refractivity contribution in [2.24, 2.45) is 0 Å². The van der Waals surface area contributed by atoms with E-state index in [0.717, 1.165) is 47.3 Å². The number of allylic oxidation sites excluding steroid dienone is 2. The van der Waals surface area contributed by atoms with Crippen LogP contribution in [0.25, 0.3) is 16.1 Å². The molecule has 1 N–H and O–H groups in total. The fourth-order valence-electron chi connectivity index (χ4n) is 7.36. The minimum atomic E-state index is -1.07. The van der Waals surface area contributed by atoms with Crippen molar-refractivity contribution < 1.29 is 23.3 Å².